The van der Waals surface area contributed by atoms with Crippen LogP contribution < -0.4 is 10.6 Å². The van der Waals surface area contributed by atoms with E-state index in [1.54, 1.807) is 17.1 Å². The van der Waals surface area contributed by atoms with Gasteiger partial charge in [0, 0.05) is 23.3 Å². The van der Waals surface area contributed by atoms with Gasteiger partial charge in [-0.25, -0.2) is 4.68 Å². The molecule has 116 valence electrons. The molecule has 2 aromatic rings. The van der Waals surface area contributed by atoms with E-state index in [2.05, 4.69) is 38.6 Å². The van der Waals surface area contributed by atoms with E-state index in [0.29, 0.717) is 11.5 Å². The Labute approximate surface area is 138 Å². The van der Waals surface area contributed by atoms with E-state index in [0.717, 1.165) is 29.7 Å². The number of nitrogens with zero attached hydrogens (tertiary/aromatic N) is 2. The fraction of sp³-hybridized carbons (Fsp3) is 0.375. The van der Waals surface area contributed by atoms with E-state index in [4.69, 9.17) is 0 Å². The minimum absolute atomic E-state index is 0.0678. The molecule has 0 saturated carbocycles. The number of piperidine rings is 1. The SMILES string of the molecule is CC1CCNCC1NC(=O)c1cnn(-c2cccc(Br)c2)c1. The smallest absolute Gasteiger partial charge is 0.254 e. The molecule has 3 rings (SSSR count). The van der Waals surface area contributed by atoms with Gasteiger partial charge in [-0.3, -0.25) is 4.79 Å². The van der Waals surface area contributed by atoms with Crippen LogP contribution in [0.25, 0.3) is 5.69 Å². The van der Waals surface area contributed by atoms with Crippen LogP contribution in [0.4, 0.5) is 0 Å². The van der Waals surface area contributed by atoms with Gasteiger partial charge in [-0.2, -0.15) is 5.10 Å². The van der Waals surface area contributed by atoms with Gasteiger partial charge in [0.15, 0.2) is 0 Å². The van der Waals surface area contributed by atoms with Crippen molar-refractivity contribution >= 4 is 21.8 Å². The number of hydrogen-bond donors (Lipinski definition) is 2. The third kappa shape index (κ3) is 3.39. The summed E-state index contributed by atoms with van der Waals surface area (Å²) < 4.78 is 2.69. The molecule has 0 spiro atoms. The summed E-state index contributed by atoms with van der Waals surface area (Å²) >= 11 is 3.44. The lowest BCUT2D eigenvalue weighted by atomic mass is 9.94. The van der Waals surface area contributed by atoms with Crippen molar-refractivity contribution in [1.82, 2.24) is 20.4 Å². The molecule has 0 radical (unpaired) electrons. The van der Waals surface area contributed by atoms with Crippen molar-refractivity contribution in [1.29, 1.82) is 0 Å². The summed E-state index contributed by atoms with van der Waals surface area (Å²) in [7, 11) is 0. The lowest BCUT2D eigenvalue weighted by Crippen LogP contribution is -2.50. The van der Waals surface area contributed by atoms with Crippen molar-refractivity contribution in [2.24, 2.45) is 5.92 Å². The largest absolute Gasteiger partial charge is 0.348 e. The zero-order valence-corrected chi connectivity index (χ0v) is 14.0. The average Bonchev–Trinajstić information content (AvgIpc) is 2.99. The summed E-state index contributed by atoms with van der Waals surface area (Å²) in [4.78, 5) is 12.4. The molecule has 2 atom stereocenters. The summed E-state index contributed by atoms with van der Waals surface area (Å²) in [6.45, 7) is 4.03. The van der Waals surface area contributed by atoms with Crippen molar-refractivity contribution in [2.75, 3.05) is 13.1 Å². The van der Waals surface area contributed by atoms with Gasteiger partial charge in [-0.1, -0.05) is 28.9 Å². The summed E-state index contributed by atoms with van der Waals surface area (Å²) in [5, 5.41) is 10.7. The monoisotopic (exact) mass is 362 g/mol. The summed E-state index contributed by atoms with van der Waals surface area (Å²) in [6, 6.07) is 7.98. The Hall–Kier alpha value is -1.66. The van der Waals surface area contributed by atoms with Crippen molar-refractivity contribution < 1.29 is 4.79 Å². The topological polar surface area (TPSA) is 58.9 Å². The van der Waals surface area contributed by atoms with Gasteiger partial charge in [0.1, 0.15) is 0 Å². The van der Waals surface area contributed by atoms with Gasteiger partial charge < -0.3 is 10.6 Å². The molecule has 1 amide bonds. The summed E-state index contributed by atoms with van der Waals surface area (Å²) in [6.07, 6.45) is 4.46. The fourth-order valence-corrected chi connectivity index (χ4v) is 3.02. The highest BCUT2D eigenvalue weighted by Crippen LogP contribution is 2.16. The number of nitrogens with one attached hydrogen (secondary N) is 2. The van der Waals surface area contributed by atoms with Gasteiger partial charge in [-0.15, -0.1) is 0 Å². The van der Waals surface area contributed by atoms with Crippen molar-refractivity contribution in [2.45, 2.75) is 19.4 Å². The van der Waals surface area contributed by atoms with Crippen LogP contribution in [0.2, 0.25) is 0 Å². The zero-order chi connectivity index (χ0) is 15.5. The first kappa shape index (κ1) is 15.2. The third-order valence-corrected chi connectivity index (χ3v) is 4.55. The molecule has 1 aromatic carbocycles. The quantitative estimate of drug-likeness (QED) is 0.880. The molecule has 6 heteroatoms. The number of halogens is 1. The lowest BCUT2D eigenvalue weighted by Gasteiger charge is -2.30. The number of benzene rings is 1. The number of hydrogen-bond acceptors (Lipinski definition) is 3. The highest BCUT2D eigenvalue weighted by Gasteiger charge is 2.23. The molecule has 2 N–H and O–H groups in total. The second-order valence-electron chi connectivity index (χ2n) is 5.70. The molecule has 22 heavy (non-hydrogen) atoms. The number of rotatable bonds is 3. The van der Waals surface area contributed by atoms with Crippen LogP contribution in [0, 0.1) is 5.92 Å². The maximum absolute atomic E-state index is 12.4. The molecular weight excluding hydrogens is 344 g/mol. The van der Waals surface area contributed by atoms with Gasteiger partial charge in [0.25, 0.3) is 5.91 Å². The van der Waals surface area contributed by atoms with Crippen LogP contribution >= 0.6 is 15.9 Å². The number of aromatic nitrogens is 2. The van der Waals surface area contributed by atoms with Crippen LogP contribution in [0.1, 0.15) is 23.7 Å². The van der Waals surface area contributed by atoms with Gasteiger partial charge in [0.2, 0.25) is 0 Å². The van der Waals surface area contributed by atoms with Crippen molar-refractivity contribution in [3.63, 3.8) is 0 Å². The first-order chi connectivity index (χ1) is 10.6. The predicted octanol–water partition coefficient (Wildman–Crippen LogP) is 2.36. The maximum atomic E-state index is 12.4. The molecule has 5 nitrogen and oxygen atoms in total. The van der Waals surface area contributed by atoms with Gasteiger partial charge in [-0.05, 0) is 37.1 Å². The molecule has 0 bridgehead atoms. The Balaban J connectivity index is 1.71. The van der Waals surface area contributed by atoms with Crippen molar-refractivity contribution in [3.8, 4) is 5.69 Å². The second kappa shape index (κ2) is 6.62. The highest BCUT2D eigenvalue weighted by atomic mass is 79.9. The number of carbonyl (C=O) groups is 1. The fourth-order valence-electron chi connectivity index (χ4n) is 2.63. The Morgan fingerprint density at radius 1 is 1.50 bits per heavy atom. The normalized spacial score (nSPS) is 21.5. The molecule has 1 fully saturated rings. The van der Waals surface area contributed by atoms with E-state index in [1.807, 2.05) is 24.3 Å². The first-order valence-electron chi connectivity index (χ1n) is 7.45. The summed E-state index contributed by atoms with van der Waals surface area (Å²) in [5.41, 5.74) is 1.50. The minimum Gasteiger partial charge on any atom is -0.348 e. The summed E-state index contributed by atoms with van der Waals surface area (Å²) in [5.74, 6) is 0.423. The van der Waals surface area contributed by atoms with Crippen LogP contribution in [0.3, 0.4) is 0 Å². The first-order valence-corrected chi connectivity index (χ1v) is 8.25. The maximum Gasteiger partial charge on any atom is 0.254 e. The van der Waals surface area contributed by atoms with E-state index in [-0.39, 0.29) is 11.9 Å². The Morgan fingerprint density at radius 2 is 2.36 bits per heavy atom. The van der Waals surface area contributed by atoms with Gasteiger partial charge in [0.05, 0.1) is 17.4 Å². The Bertz CT molecular complexity index is 670. The molecule has 1 aromatic heterocycles. The Morgan fingerprint density at radius 3 is 3.14 bits per heavy atom. The highest BCUT2D eigenvalue weighted by molar-refractivity contribution is 9.10. The van der Waals surface area contributed by atoms with E-state index < -0.39 is 0 Å². The second-order valence-corrected chi connectivity index (χ2v) is 6.62. The standard InChI is InChI=1S/C16H19BrN4O/c1-11-5-6-18-9-15(11)20-16(22)12-8-19-21(10-12)14-4-2-3-13(17)7-14/h2-4,7-8,10-11,15,18H,5-6,9H2,1H3,(H,20,22). The molecule has 2 unspecified atom stereocenters. The van der Waals surface area contributed by atoms with Crippen LogP contribution in [-0.4, -0.2) is 34.8 Å². The van der Waals surface area contributed by atoms with E-state index >= 15 is 0 Å². The van der Waals surface area contributed by atoms with Crippen LogP contribution in [0.15, 0.2) is 41.1 Å². The van der Waals surface area contributed by atoms with Crippen molar-refractivity contribution in [3.05, 3.63) is 46.7 Å². The molecule has 1 aliphatic heterocycles. The molecule has 0 aliphatic carbocycles. The van der Waals surface area contributed by atoms with Gasteiger partial charge >= 0.3 is 0 Å². The number of amides is 1. The molecule has 2 heterocycles. The minimum atomic E-state index is -0.0678. The Kier molecular flexibility index (Phi) is 4.59. The van der Waals surface area contributed by atoms with E-state index in [1.165, 1.54) is 0 Å². The average molecular weight is 363 g/mol. The van der Waals surface area contributed by atoms with Crippen LogP contribution in [0.5, 0.6) is 0 Å². The lowest BCUT2D eigenvalue weighted by molar-refractivity contribution is 0.0915. The molecular formula is C16H19BrN4O. The zero-order valence-electron chi connectivity index (χ0n) is 12.4. The third-order valence-electron chi connectivity index (χ3n) is 4.06. The molecule has 1 saturated heterocycles. The number of carbonyl (C=O) groups excluding carboxylic acids is 1. The van der Waals surface area contributed by atoms with E-state index in [9.17, 15) is 4.79 Å². The molecule has 1 aliphatic rings. The van der Waals surface area contributed by atoms with Crippen LogP contribution in [-0.2, 0) is 0 Å². The predicted molar refractivity (Wildman–Crippen MR) is 89.2 cm³/mol.